The monoisotopic (exact) mass is 251 g/mol. The molecule has 1 atom stereocenters. The second kappa shape index (κ2) is 6.89. The maximum absolute atomic E-state index is 11.5. The van der Waals surface area contributed by atoms with Crippen molar-refractivity contribution in [2.24, 2.45) is 5.92 Å². The molecule has 0 saturated heterocycles. The number of rotatable bonds is 6. The number of carbonyl (C=O) groups excluding carboxylic acids is 1. The number of nitrogens with zero attached hydrogens (tertiary/aromatic N) is 1. The van der Waals surface area contributed by atoms with Gasteiger partial charge in [0.1, 0.15) is 5.75 Å². The van der Waals surface area contributed by atoms with Gasteiger partial charge in [0, 0.05) is 19.3 Å². The quantitative estimate of drug-likeness (QED) is 0.727. The second-order valence-corrected chi connectivity index (χ2v) is 4.21. The fourth-order valence-corrected chi connectivity index (χ4v) is 1.81. The Morgan fingerprint density at radius 2 is 1.89 bits per heavy atom. The fraction of sp³-hybridized carbons (Fsp3) is 0.500. The lowest BCUT2D eigenvalue weighted by Crippen LogP contribution is -2.30. The average Bonchev–Trinajstić information content (AvgIpc) is 2.43. The Morgan fingerprint density at radius 3 is 2.33 bits per heavy atom. The highest BCUT2D eigenvalue weighted by Gasteiger charge is 2.19. The SMILES string of the molecule is CCC(CN(C)c1ccc(OC)cc1)C(=O)OC. The third-order valence-electron chi connectivity index (χ3n) is 3.03. The minimum atomic E-state index is -0.155. The minimum absolute atomic E-state index is 0.0953. The molecule has 0 aliphatic heterocycles. The predicted octanol–water partition coefficient (Wildman–Crippen LogP) is 2.33. The van der Waals surface area contributed by atoms with Crippen molar-refractivity contribution >= 4 is 11.7 Å². The van der Waals surface area contributed by atoms with E-state index in [0.29, 0.717) is 6.54 Å². The van der Waals surface area contributed by atoms with Gasteiger partial charge in [-0.3, -0.25) is 4.79 Å². The van der Waals surface area contributed by atoms with Gasteiger partial charge < -0.3 is 14.4 Å². The molecule has 0 amide bonds. The molecule has 100 valence electrons. The van der Waals surface area contributed by atoms with E-state index in [1.807, 2.05) is 43.1 Å². The summed E-state index contributed by atoms with van der Waals surface area (Å²) >= 11 is 0. The van der Waals surface area contributed by atoms with Crippen LogP contribution in [0, 0.1) is 5.92 Å². The maximum Gasteiger partial charge on any atom is 0.310 e. The van der Waals surface area contributed by atoms with E-state index >= 15 is 0 Å². The number of benzene rings is 1. The first-order valence-electron chi connectivity index (χ1n) is 6.05. The van der Waals surface area contributed by atoms with Crippen LogP contribution >= 0.6 is 0 Å². The summed E-state index contributed by atoms with van der Waals surface area (Å²) in [6.45, 7) is 2.64. The summed E-state index contributed by atoms with van der Waals surface area (Å²) in [6, 6.07) is 7.77. The minimum Gasteiger partial charge on any atom is -0.497 e. The van der Waals surface area contributed by atoms with E-state index in [2.05, 4.69) is 0 Å². The summed E-state index contributed by atoms with van der Waals surface area (Å²) in [7, 11) is 5.04. The molecule has 0 spiro atoms. The van der Waals surface area contributed by atoms with Crippen molar-refractivity contribution in [1.29, 1.82) is 0 Å². The highest BCUT2D eigenvalue weighted by atomic mass is 16.5. The van der Waals surface area contributed by atoms with Gasteiger partial charge in [-0.05, 0) is 30.7 Å². The molecule has 0 radical (unpaired) electrons. The standard InChI is InChI=1S/C14H21NO3/c1-5-11(14(16)18-4)10-15(2)12-6-8-13(17-3)9-7-12/h6-9,11H,5,10H2,1-4H3. The van der Waals surface area contributed by atoms with Gasteiger partial charge in [0.25, 0.3) is 0 Å². The van der Waals surface area contributed by atoms with Crippen molar-refractivity contribution in [3.8, 4) is 5.75 Å². The van der Waals surface area contributed by atoms with E-state index in [1.54, 1.807) is 7.11 Å². The summed E-state index contributed by atoms with van der Waals surface area (Å²) in [5.74, 6) is 0.576. The Balaban J connectivity index is 2.68. The summed E-state index contributed by atoms with van der Waals surface area (Å²) in [4.78, 5) is 13.6. The van der Waals surface area contributed by atoms with Gasteiger partial charge in [-0.15, -0.1) is 0 Å². The lowest BCUT2D eigenvalue weighted by molar-refractivity contribution is -0.145. The smallest absolute Gasteiger partial charge is 0.310 e. The van der Waals surface area contributed by atoms with Gasteiger partial charge in [0.15, 0.2) is 0 Å². The van der Waals surface area contributed by atoms with Gasteiger partial charge in [-0.2, -0.15) is 0 Å². The van der Waals surface area contributed by atoms with Gasteiger partial charge in [-0.1, -0.05) is 6.92 Å². The summed E-state index contributed by atoms with van der Waals surface area (Å²) in [5, 5.41) is 0. The van der Waals surface area contributed by atoms with E-state index in [9.17, 15) is 4.79 Å². The summed E-state index contributed by atoms with van der Waals surface area (Å²) in [5.41, 5.74) is 1.05. The Hall–Kier alpha value is -1.71. The van der Waals surface area contributed by atoms with E-state index in [1.165, 1.54) is 7.11 Å². The molecule has 4 heteroatoms. The predicted molar refractivity (Wildman–Crippen MR) is 72.1 cm³/mol. The van der Waals surface area contributed by atoms with Gasteiger partial charge >= 0.3 is 5.97 Å². The lowest BCUT2D eigenvalue weighted by atomic mass is 10.1. The summed E-state index contributed by atoms with van der Waals surface area (Å²) in [6.07, 6.45) is 0.771. The first-order valence-corrected chi connectivity index (χ1v) is 6.05. The highest BCUT2D eigenvalue weighted by Crippen LogP contribution is 2.19. The molecule has 0 aromatic heterocycles. The number of carbonyl (C=O) groups is 1. The average molecular weight is 251 g/mol. The maximum atomic E-state index is 11.5. The molecular formula is C14H21NO3. The number of ether oxygens (including phenoxy) is 2. The van der Waals surface area contributed by atoms with Crippen LogP contribution < -0.4 is 9.64 Å². The Morgan fingerprint density at radius 1 is 1.28 bits per heavy atom. The molecule has 0 aliphatic carbocycles. The largest absolute Gasteiger partial charge is 0.497 e. The first kappa shape index (κ1) is 14.4. The molecule has 0 fully saturated rings. The van der Waals surface area contributed by atoms with Crippen LogP contribution in [-0.2, 0) is 9.53 Å². The van der Waals surface area contributed by atoms with Crippen molar-refractivity contribution in [3.63, 3.8) is 0 Å². The van der Waals surface area contributed by atoms with E-state index in [-0.39, 0.29) is 11.9 Å². The molecule has 4 nitrogen and oxygen atoms in total. The molecule has 1 unspecified atom stereocenters. The van der Waals surface area contributed by atoms with Crippen LogP contribution in [0.5, 0.6) is 5.75 Å². The van der Waals surface area contributed by atoms with Crippen LogP contribution in [0.2, 0.25) is 0 Å². The van der Waals surface area contributed by atoms with E-state index in [0.717, 1.165) is 17.9 Å². The topological polar surface area (TPSA) is 38.8 Å². The molecule has 0 heterocycles. The number of hydrogen-bond donors (Lipinski definition) is 0. The number of hydrogen-bond acceptors (Lipinski definition) is 4. The van der Waals surface area contributed by atoms with Crippen LogP contribution in [-0.4, -0.2) is 33.8 Å². The van der Waals surface area contributed by atoms with Crippen LogP contribution in [0.15, 0.2) is 24.3 Å². The molecule has 1 rings (SSSR count). The molecule has 0 bridgehead atoms. The van der Waals surface area contributed by atoms with Crippen LogP contribution in [0.1, 0.15) is 13.3 Å². The molecule has 0 aliphatic rings. The third kappa shape index (κ3) is 3.65. The van der Waals surface area contributed by atoms with Crippen LogP contribution in [0.4, 0.5) is 5.69 Å². The number of esters is 1. The van der Waals surface area contributed by atoms with Gasteiger partial charge in [-0.25, -0.2) is 0 Å². The normalized spacial score (nSPS) is 11.8. The fourth-order valence-electron chi connectivity index (χ4n) is 1.81. The zero-order valence-corrected chi connectivity index (χ0v) is 11.5. The Kier molecular flexibility index (Phi) is 5.49. The van der Waals surface area contributed by atoms with E-state index in [4.69, 9.17) is 9.47 Å². The Bertz CT molecular complexity index is 375. The first-order chi connectivity index (χ1) is 8.62. The molecule has 1 aromatic rings. The molecular weight excluding hydrogens is 230 g/mol. The number of anilines is 1. The van der Waals surface area contributed by atoms with Crippen molar-refractivity contribution in [3.05, 3.63) is 24.3 Å². The second-order valence-electron chi connectivity index (χ2n) is 4.21. The van der Waals surface area contributed by atoms with Crippen molar-refractivity contribution in [1.82, 2.24) is 0 Å². The van der Waals surface area contributed by atoms with Crippen molar-refractivity contribution in [2.75, 3.05) is 32.7 Å². The number of methoxy groups -OCH3 is 2. The third-order valence-corrected chi connectivity index (χ3v) is 3.03. The van der Waals surface area contributed by atoms with Gasteiger partial charge in [0.2, 0.25) is 0 Å². The lowest BCUT2D eigenvalue weighted by Gasteiger charge is -2.23. The summed E-state index contributed by atoms with van der Waals surface area (Å²) < 4.78 is 9.91. The zero-order chi connectivity index (χ0) is 13.5. The van der Waals surface area contributed by atoms with Crippen LogP contribution in [0.25, 0.3) is 0 Å². The molecule has 0 N–H and O–H groups in total. The van der Waals surface area contributed by atoms with Crippen molar-refractivity contribution in [2.45, 2.75) is 13.3 Å². The Labute approximate surface area is 108 Å². The van der Waals surface area contributed by atoms with Crippen LogP contribution in [0.3, 0.4) is 0 Å². The zero-order valence-electron chi connectivity index (χ0n) is 11.5. The molecule has 1 aromatic carbocycles. The molecule has 0 saturated carbocycles. The van der Waals surface area contributed by atoms with Gasteiger partial charge in [0.05, 0.1) is 20.1 Å². The van der Waals surface area contributed by atoms with Crippen molar-refractivity contribution < 1.29 is 14.3 Å². The highest BCUT2D eigenvalue weighted by molar-refractivity contribution is 5.73. The van der Waals surface area contributed by atoms with E-state index < -0.39 is 0 Å². The molecule has 18 heavy (non-hydrogen) atoms.